The number of carboxylic acids is 1. The summed E-state index contributed by atoms with van der Waals surface area (Å²) in [6, 6.07) is 0. The van der Waals surface area contributed by atoms with E-state index in [0.29, 0.717) is 19.6 Å². The van der Waals surface area contributed by atoms with Crippen LogP contribution >= 0.6 is 0 Å². The van der Waals surface area contributed by atoms with E-state index in [1.54, 1.807) is 6.92 Å². The molecule has 1 saturated heterocycles. The fourth-order valence-corrected chi connectivity index (χ4v) is 2.31. The van der Waals surface area contributed by atoms with Crippen LogP contribution < -0.4 is 5.32 Å². The van der Waals surface area contributed by atoms with Gasteiger partial charge in [-0.15, -0.1) is 0 Å². The molecule has 0 aromatic heterocycles. The molecule has 0 radical (unpaired) electrons. The molecule has 1 aliphatic heterocycles. The molecule has 0 bridgehead atoms. The number of carboxylic acid groups (broad SMARTS) is 2. The lowest BCUT2D eigenvalue weighted by atomic mass is 9.97. The summed E-state index contributed by atoms with van der Waals surface area (Å²) in [5, 5.41) is 21.3. The summed E-state index contributed by atoms with van der Waals surface area (Å²) >= 11 is 0. The van der Waals surface area contributed by atoms with Crippen molar-refractivity contribution in [2.24, 2.45) is 0 Å². The van der Waals surface area contributed by atoms with Crippen LogP contribution in [0.2, 0.25) is 0 Å². The molecule has 0 aromatic rings. The minimum Gasteiger partial charge on any atom is -0.480 e. The number of amides is 1. The van der Waals surface area contributed by atoms with Gasteiger partial charge in [0.15, 0.2) is 5.54 Å². The minimum atomic E-state index is -1.15. The van der Waals surface area contributed by atoms with Crippen molar-refractivity contribution in [3.8, 4) is 0 Å². The molecule has 1 fully saturated rings. The van der Waals surface area contributed by atoms with Crippen molar-refractivity contribution in [3.05, 3.63) is 0 Å². The van der Waals surface area contributed by atoms with Crippen molar-refractivity contribution < 1.29 is 24.3 Å². The van der Waals surface area contributed by atoms with Gasteiger partial charge in [0.1, 0.15) is 13.1 Å². The van der Waals surface area contributed by atoms with Gasteiger partial charge in [0, 0.05) is 6.54 Å². The summed E-state index contributed by atoms with van der Waals surface area (Å²) < 4.78 is -0.160. The van der Waals surface area contributed by atoms with Gasteiger partial charge in [0.05, 0.1) is 6.54 Å². The molecule has 1 rings (SSSR count). The molecule has 1 amide bonds. The maximum Gasteiger partial charge on any atom is 0.513 e. The summed E-state index contributed by atoms with van der Waals surface area (Å²) in [6.07, 6.45) is -0.210. The van der Waals surface area contributed by atoms with Crippen LogP contribution in [0.1, 0.15) is 20.3 Å². The second-order valence-electron chi connectivity index (χ2n) is 4.60. The highest BCUT2D eigenvalue weighted by Crippen LogP contribution is 2.21. The van der Waals surface area contributed by atoms with Crippen LogP contribution in [0.25, 0.3) is 0 Å². The maximum atomic E-state index is 11.3. The van der Waals surface area contributed by atoms with E-state index in [-0.39, 0.29) is 11.0 Å². The Morgan fingerprint density at radius 2 is 2.06 bits per heavy atom. The third-order valence-electron chi connectivity index (χ3n) is 3.20. The van der Waals surface area contributed by atoms with E-state index in [1.807, 2.05) is 6.92 Å². The molecule has 6 nitrogen and oxygen atoms in total. The van der Waals surface area contributed by atoms with Gasteiger partial charge in [-0.3, -0.25) is 5.32 Å². The summed E-state index contributed by atoms with van der Waals surface area (Å²) in [4.78, 5) is 22.5. The van der Waals surface area contributed by atoms with Crippen LogP contribution in [0.15, 0.2) is 0 Å². The van der Waals surface area contributed by atoms with Crippen molar-refractivity contribution in [2.45, 2.75) is 25.8 Å². The van der Waals surface area contributed by atoms with Gasteiger partial charge in [-0.25, -0.2) is 9.28 Å². The Bertz CT molecular complexity index is 303. The first-order chi connectivity index (χ1) is 7.36. The van der Waals surface area contributed by atoms with Crippen LogP contribution in [-0.4, -0.2) is 58.5 Å². The van der Waals surface area contributed by atoms with Gasteiger partial charge < -0.3 is 10.2 Å². The number of nitrogens with zero attached hydrogens (tertiary/aromatic N) is 1. The van der Waals surface area contributed by atoms with E-state index >= 15 is 0 Å². The zero-order chi connectivity index (χ0) is 12.4. The molecule has 0 aliphatic carbocycles. The Kier molecular flexibility index (Phi) is 3.54. The van der Waals surface area contributed by atoms with Gasteiger partial charge in [0.2, 0.25) is 0 Å². The molecule has 3 N–H and O–H groups in total. The summed E-state index contributed by atoms with van der Waals surface area (Å²) in [5.74, 6) is -0.993. The molecular formula is C10H19N2O4+. The second kappa shape index (κ2) is 4.39. The first-order valence-electron chi connectivity index (χ1n) is 5.44. The monoisotopic (exact) mass is 231 g/mol. The second-order valence-corrected chi connectivity index (χ2v) is 4.60. The van der Waals surface area contributed by atoms with Crippen LogP contribution in [0, 0.1) is 0 Å². The standard InChI is InChI=1S/C10H18N2O4/c1-3-5-12(9(15)16)6-4-11-10(2,7-12)8(13)14/h11H,3-7H2,1-2H3,(H-,13,14,15,16)/p+1. The van der Waals surface area contributed by atoms with Crippen LogP contribution in [-0.2, 0) is 4.79 Å². The van der Waals surface area contributed by atoms with Gasteiger partial charge in [0.25, 0.3) is 0 Å². The molecule has 2 atom stereocenters. The molecular weight excluding hydrogens is 212 g/mol. The Morgan fingerprint density at radius 1 is 1.44 bits per heavy atom. The predicted molar refractivity (Wildman–Crippen MR) is 57.2 cm³/mol. The lowest BCUT2D eigenvalue weighted by molar-refractivity contribution is -0.864. The van der Waals surface area contributed by atoms with E-state index in [1.165, 1.54) is 0 Å². The summed E-state index contributed by atoms with van der Waals surface area (Å²) in [7, 11) is 0. The highest BCUT2D eigenvalue weighted by Gasteiger charge is 2.50. The Morgan fingerprint density at radius 3 is 2.50 bits per heavy atom. The molecule has 92 valence electrons. The normalized spacial score (nSPS) is 34.6. The van der Waals surface area contributed by atoms with Crippen LogP contribution in [0.5, 0.6) is 0 Å². The summed E-state index contributed by atoms with van der Waals surface area (Å²) in [6.45, 7) is 4.86. The van der Waals surface area contributed by atoms with E-state index in [4.69, 9.17) is 5.11 Å². The summed E-state index contributed by atoms with van der Waals surface area (Å²) in [5.41, 5.74) is -1.15. The van der Waals surface area contributed by atoms with E-state index in [9.17, 15) is 14.7 Å². The molecule has 1 aliphatic rings. The molecule has 2 unspecified atom stereocenters. The highest BCUT2D eigenvalue weighted by atomic mass is 16.4. The number of aliphatic carboxylic acids is 1. The first kappa shape index (κ1) is 12.9. The Labute approximate surface area is 94.4 Å². The average molecular weight is 231 g/mol. The van der Waals surface area contributed by atoms with E-state index < -0.39 is 17.6 Å². The number of hydrogen-bond donors (Lipinski definition) is 3. The van der Waals surface area contributed by atoms with Crippen molar-refractivity contribution in [2.75, 3.05) is 26.2 Å². The fraction of sp³-hybridized carbons (Fsp3) is 0.800. The van der Waals surface area contributed by atoms with Gasteiger partial charge in [-0.05, 0) is 13.3 Å². The lowest BCUT2D eigenvalue weighted by Crippen LogP contribution is -2.72. The van der Waals surface area contributed by atoms with Crippen molar-refractivity contribution in [1.29, 1.82) is 0 Å². The lowest BCUT2D eigenvalue weighted by Gasteiger charge is -2.43. The first-order valence-corrected chi connectivity index (χ1v) is 5.44. The highest BCUT2D eigenvalue weighted by molar-refractivity contribution is 5.79. The quantitative estimate of drug-likeness (QED) is 0.610. The van der Waals surface area contributed by atoms with E-state index in [2.05, 4.69) is 5.32 Å². The molecule has 16 heavy (non-hydrogen) atoms. The average Bonchev–Trinajstić information content (AvgIpc) is 2.17. The number of carbonyl (C=O) groups is 2. The minimum absolute atomic E-state index is 0.0888. The molecule has 0 spiro atoms. The Balaban J connectivity index is 2.96. The van der Waals surface area contributed by atoms with Crippen LogP contribution in [0.4, 0.5) is 4.79 Å². The number of rotatable bonds is 3. The number of hydrogen-bond acceptors (Lipinski definition) is 3. The van der Waals surface area contributed by atoms with Crippen molar-refractivity contribution >= 4 is 12.1 Å². The third-order valence-corrected chi connectivity index (χ3v) is 3.20. The topological polar surface area (TPSA) is 86.6 Å². The van der Waals surface area contributed by atoms with Gasteiger partial charge in [-0.1, -0.05) is 6.92 Å². The van der Waals surface area contributed by atoms with Crippen molar-refractivity contribution in [1.82, 2.24) is 5.32 Å². The third kappa shape index (κ3) is 2.17. The van der Waals surface area contributed by atoms with Crippen LogP contribution in [0.3, 0.4) is 0 Å². The number of nitrogens with one attached hydrogen (secondary N) is 1. The van der Waals surface area contributed by atoms with Crippen molar-refractivity contribution in [3.63, 3.8) is 0 Å². The SMILES string of the molecule is CCC[N+]1(C(=O)O)CCNC(C)(C(=O)O)C1. The van der Waals surface area contributed by atoms with Gasteiger partial charge >= 0.3 is 12.1 Å². The molecule has 0 aromatic carbocycles. The Hall–Kier alpha value is -1.14. The zero-order valence-electron chi connectivity index (χ0n) is 9.69. The largest absolute Gasteiger partial charge is 0.513 e. The number of piperazine rings is 1. The van der Waals surface area contributed by atoms with Gasteiger partial charge in [-0.2, -0.15) is 4.79 Å². The molecule has 6 heteroatoms. The number of quaternary nitrogens is 1. The molecule has 1 heterocycles. The zero-order valence-corrected chi connectivity index (χ0v) is 9.69. The maximum absolute atomic E-state index is 11.3. The van der Waals surface area contributed by atoms with E-state index in [0.717, 1.165) is 6.42 Å². The molecule has 0 saturated carbocycles. The smallest absolute Gasteiger partial charge is 0.480 e. The fourth-order valence-electron chi connectivity index (χ4n) is 2.31. The predicted octanol–water partition coefficient (Wildman–Crippen LogP) is 0.338.